The molecule has 0 bridgehead atoms. The van der Waals surface area contributed by atoms with Crippen molar-refractivity contribution < 1.29 is 22.7 Å². The Kier molecular flexibility index (Phi) is 4.19. The summed E-state index contributed by atoms with van der Waals surface area (Å²) in [5, 5.41) is 8.86. The van der Waals surface area contributed by atoms with E-state index in [4.69, 9.17) is 5.11 Å². The van der Waals surface area contributed by atoms with Crippen molar-refractivity contribution in [2.75, 3.05) is 17.8 Å². The van der Waals surface area contributed by atoms with Crippen molar-refractivity contribution in [1.82, 2.24) is 9.29 Å². The van der Waals surface area contributed by atoms with Crippen molar-refractivity contribution in [2.24, 2.45) is 5.92 Å². The molecule has 1 aromatic heterocycles. The zero-order valence-corrected chi connectivity index (χ0v) is 11.3. The highest BCUT2D eigenvalue weighted by molar-refractivity contribution is 7.90. The lowest BCUT2D eigenvalue weighted by Crippen LogP contribution is -2.43. The van der Waals surface area contributed by atoms with Gasteiger partial charge in [-0.25, -0.2) is 4.39 Å². The minimum Gasteiger partial charge on any atom is -0.481 e. The zero-order chi connectivity index (χ0) is 14.8. The molecule has 7 nitrogen and oxygen atoms in total. The van der Waals surface area contributed by atoms with E-state index >= 15 is 0 Å². The van der Waals surface area contributed by atoms with Gasteiger partial charge in [-0.15, -0.1) is 0 Å². The van der Waals surface area contributed by atoms with E-state index in [-0.39, 0.29) is 31.6 Å². The van der Waals surface area contributed by atoms with Gasteiger partial charge >= 0.3 is 16.2 Å². The first-order valence-corrected chi connectivity index (χ1v) is 7.44. The second-order valence-corrected chi connectivity index (χ2v) is 6.14. The van der Waals surface area contributed by atoms with E-state index in [1.807, 2.05) is 0 Å². The Morgan fingerprint density at radius 3 is 2.65 bits per heavy atom. The molecule has 1 fully saturated rings. The minimum atomic E-state index is -3.89. The third-order valence-corrected chi connectivity index (χ3v) is 4.68. The highest BCUT2D eigenvalue weighted by Crippen LogP contribution is 2.21. The fraction of sp³-hybridized carbons (Fsp3) is 0.455. The van der Waals surface area contributed by atoms with Crippen molar-refractivity contribution in [1.29, 1.82) is 0 Å². The lowest BCUT2D eigenvalue weighted by atomic mass is 9.99. The number of anilines is 1. The van der Waals surface area contributed by atoms with Crippen LogP contribution in [0.25, 0.3) is 0 Å². The summed E-state index contributed by atoms with van der Waals surface area (Å²) in [6, 6.07) is 1.22. The number of pyridine rings is 1. The predicted molar refractivity (Wildman–Crippen MR) is 68.7 cm³/mol. The molecule has 9 heteroatoms. The maximum absolute atomic E-state index is 13.4. The van der Waals surface area contributed by atoms with E-state index in [0.29, 0.717) is 0 Å². The summed E-state index contributed by atoms with van der Waals surface area (Å²) in [6.07, 6.45) is 2.68. The fourth-order valence-corrected chi connectivity index (χ4v) is 3.27. The van der Waals surface area contributed by atoms with Crippen molar-refractivity contribution in [3.8, 4) is 0 Å². The first kappa shape index (κ1) is 14.7. The third-order valence-electron chi connectivity index (χ3n) is 3.15. The van der Waals surface area contributed by atoms with Crippen molar-refractivity contribution in [3.05, 3.63) is 24.3 Å². The minimum absolute atomic E-state index is 0.0962. The number of halogens is 1. The van der Waals surface area contributed by atoms with E-state index in [9.17, 15) is 17.6 Å². The fourth-order valence-electron chi connectivity index (χ4n) is 2.00. The largest absolute Gasteiger partial charge is 0.481 e. The van der Waals surface area contributed by atoms with Crippen LogP contribution in [0.1, 0.15) is 12.8 Å². The summed E-state index contributed by atoms with van der Waals surface area (Å²) in [5.74, 6) is -2.22. The van der Waals surface area contributed by atoms with Crippen LogP contribution in [0.4, 0.5) is 10.1 Å². The lowest BCUT2D eigenvalue weighted by molar-refractivity contribution is -0.142. The molecule has 2 heterocycles. The van der Waals surface area contributed by atoms with Crippen LogP contribution in [-0.4, -0.2) is 41.9 Å². The van der Waals surface area contributed by atoms with Gasteiger partial charge in [0.15, 0.2) is 5.82 Å². The van der Waals surface area contributed by atoms with Gasteiger partial charge in [0.2, 0.25) is 0 Å². The van der Waals surface area contributed by atoms with Gasteiger partial charge in [-0.3, -0.25) is 14.5 Å². The molecular weight excluding hydrogens is 289 g/mol. The third kappa shape index (κ3) is 3.23. The number of carbonyl (C=O) groups is 1. The van der Waals surface area contributed by atoms with Crippen LogP contribution < -0.4 is 4.72 Å². The van der Waals surface area contributed by atoms with Gasteiger partial charge in [-0.2, -0.15) is 12.7 Å². The number of carboxylic acid groups (broad SMARTS) is 1. The van der Waals surface area contributed by atoms with Crippen molar-refractivity contribution >= 4 is 21.9 Å². The van der Waals surface area contributed by atoms with Crippen LogP contribution in [0.3, 0.4) is 0 Å². The summed E-state index contributed by atoms with van der Waals surface area (Å²) in [5.41, 5.74) is -0.180. The maximum Gasteiger partial charge on any atom is 0.306 e. The molecule has 1 aliphatic heterocycles. The molecule has 0 amide bonds. The Morgan fingerprint density at radius 2 is 2.10 bits per heavy atom. The molecule has 1 saturated heterocycles. The van der Waals surface area contributed by atoms with Crippen LogP contribution in [0, 0.1) is 11.7 Å². The molecule has 0 aromatic carbocycles. The molecule has 2 N–H and O–H groups in total. The highest BCUT2D eigenvalue weighted by Gasteiger charge is 2.31. The van der Waals surface area contributed by atoms with Crippen LogP contribution in [0.15, 0.2) is 18.5 Å². The Hall–Kier alpha value is -1.74. The van der Waals surface area contributed by atoms with Gasteiger partial charge in [0.05, 0.1) is 17.8 Å². The Bertz CT molecular complexity index is 599. The number of piperidine rings is 1. The summed E-state index contributed by atoms with van der Waals surface area (Å²) in [4.78, 5) is 14.3. The van der Waals surface area contributed by atoms with Gasteiger partial charge in [0, 0.05) is 19.3 Å². The number of aliphatic carboxylic acids is 1. The molecule has 2 rings (SSSR count). The normalized spacial score (nSPS) is 17.9. The van der Waals surface area contributed by atoms with Crippen LogP contribution in [0.2, 0.25) is 0 Å². The number of aromatic nitrogens is 1. The molecule has 0 unspecified atom stereocenters. The topological polar surface area (TPSA) is 99.6 Å². The molecule has 0 atom stereocenters. The summed E-state index contributed by atoms with van der Waals surface area (Å²) in [6.45, 7) is 0.192. The Labute approximate surface area is 115 Å². The number of hydrogen-bond donors (Lipinski definition) is 2. The number of carboxylic acids is 1. The van der Waals surface area contributed by atoms with Gasteiger partial charge in [-0.1, -0.05) is 0 Å². The monoisotopic (exact) mass is 303 g/mol. The molecule has 0 spiro atoms. The number of nitrogens with one attached hydrogen (secondary N) is 1. The first-order chi connectivity index (χ1) is 9.40. The second-order valence-electron chi connectivity index (χ2n) is 4.47. The quantitative estimate of drug-likeness (QED) is 0.852. The maximum atomic E-state index is 13.4. The Balaban J connectivity index is 2.05. The van der Waals surface area contributed by atoms with Gasteiger partial charge < -0.3 is 5.11 Å². The SMILES string of the molecule is O=C(O)C1CCN(S(=O)(=O)Nc2ccncc2F)CC1. The van der Waals surface area contributed by atoms with Crippen LogP contribution in [-0.2, 0) is 15.0 Å². The molecule has 1 aromatic rings. The standard InChI is InChI=1S/C11H14FN3O4S/c12-9-7-13-4-1-10(9)14-20(18,19)15-5-2-8(3-6-15)11(16)17/h1,4,7-8H,2-3,5-6H2,(H,13,14)(H,16,17). The van der Waals surface area contributed by atoms with Crippen LogP contribution >= 0.6 is 0 Å². The molecular formula is C11H14FN3O4S. The van der Waals surface area contributed by atoms with E-state index in [2.05, 4.69) is 9.71 Å². The Morgan fingerprint density at radius 1 is 1.45 bits per heavy atom. The molecule has 0 radical (unpaired) electrons. The molecule has 110 valence electrons. The number of hydrogen-bond acceptors (Lipinski definition) is 4. The number of nitrogens with zero attached hydrogens (tertiary/aromatic N) is 2. The van der Waals surface area contributed by atoms with Crippen LogP contribution in [0.5, 0.6) is 0 Å². The second kappa shape index (κ2) is 5.71. The predicted octanol–water partition coefficient (Wildman–Crippen LogP) is 0.674. The van der Waals surface area contributed by atoms with Gasteiger partial charge in [0.25, 0.3) is 0 Å². The first-order valence-electron chi connectivity index (χ1n) is 6.00. The molecule has 0 aliphatic carbocycles. The summed E-state index contributed by atoms with van der Waals surface area (Å²) < 4.78 is 40.8. The molecule has 0 saturated carbocycles. The van der Waals surface area contributed by atoms with E-state index in [1.165, 1.54) is 12.3 Å². The van der Waals surface area contributed by atoms with Crippen molar-refractivity contribution in [3.63, 3.8) is 0 Å². The average molecular weight is 303 g/mol. The van der Waals surface area contributed by atoms with E-state index in [0.717, 1.165) is 10.5 Å². The zero-order valence-electron chi connectivity index (χ0n) is 10.5. The summed E-state index contributed by atoms with van der Waals surface area (Å²) >= 11 is 0. The van der Waals surface area contributed by atoms with Gasteiger partial charge in [-0.05, 0) is 18.9 Å². The molecule has 20 heavy (non-hydrogen) atoms. The molecule has 1 aliphatic rings. The van der Waals surface area contributed by atoms with Gasteiger partial charge in [0.1, 0.15) is 0 Å². The summed E-state index contributed by atoms with van der Waals surface area (Å²) in [7, 11) is -3.89. The lowest BCUT2D eigenvalue weighted by Gasteiger charge is -2.29. The van der Waals surface area contributed by atoms with Crippen molar-refractivity contribution in [2.45, 2.75) is 12.8 Å². The van der Waals surface area contributed by atoms with E-state index in [1.54, 1.807) is 0 Å². The highest BCUT2D eigenvalue weighted by atomic mass is 32.2. The number of rotatable bonds is 4. The average Bonchev–Trinajstić information content (AvgIpc) is 2.41. The van der Waals surface area contributed by atoms with E-state index < -0.39 is 27.9 Å². The smallest absolute Gasteiger partial charge is 0.306 e.